The number of aliphatic imine (C=N–C) groups is 1. The largest absolute Gasteiger partial charge is 0.358 e. The predicted octanol–water partition coefficient (Wildman–Crippen LogP) is 3.40. The molecule has 3 rings (SSSR count). The SMILES string of the molecule is CC(NC1=NCC2(CCCC2)CS1)c1ccncc1. The Morgan fingerprint density at radius 1 is 1.26 bits per heavy atom. The maximum Gasteiger partial charge on any atom is 0.157 e. The van der Waals surface area contributed by atoms with Crippen LogP contribution in [0.15, 0.2) is 29.5 Å². The van der Waals surface area contributed by atoms with Crippen LogP contribution in [-0.4, -0.2) is 22.4 Å². The molecule has 102 valence electrons. The molecule has 0 amide bonds. The van der Waals surface area contributed by atoms with E-state index in [0.717, 1.165) is 11.7 Å². The number of nitrogens with one attached hydrogen (secondary N) is 1. The van der Waals surface area contributed by atoms with E-state index in [4.69, 9.17) is 4.99 Å². The molecule has 2 heterocycles. The molecule has 1 atom stereocenters. The van der Waals surface area contributed by atoms with E-state index >= 15 is 0 Å². The molecule has 0 bridgehead atoms. The van der Waals surface area contributed by atoms with E-state index in [0.29, 0.717) is 11.5 Å². The van der Waals surface area contributed by atoms with Gasteiger partial charge in [0.1, 0.15) is 0 Å². The summed E-state index contributed by atoms with van der Waals surface area (Å²) >= 11 is 1.91. The first-order valence-corrected chi connectivity index (χ1v) is 8.10. The van der Waals surface area contributed by atoms with Crippen molar-refractivity contribution in [3.63, 3.8) is 0 Å². The van der Waals surface area contributed by atoms with Crippen molar-refractivity contribution in [3.05, 3.63) is 30.1 Å². The molecular weight excluding hydrogens is 254 g/mol. The van der Waals surface area contributed by atoms with E-state index in [1.807, 2.05) is 24.2 Å². The molecule has 4 heteroatoms. The summed E-state index contributed by atoms with van der Waals surface area (Å²) in [5, 5.41) is 4.64. The van der Waals surface area contributed by atoms with Crippen LogP contribution >= 0.6 is 11.8 Å². The standard InChI is InChI=1S/C15H21N3S/c1-12(13-4-8-16-9-5-13)18-14-17-10-15(11-19-14)6-2-3-7-15/h4-5,8-9,12H,2-3,6-7,10-11H2,1H3,(H,17,18). The molecule has 1 fully saturated rings. The van der Waals surface area contributed by atoms with Crippen molar-refractivity contribution in [2.75, 3.05) is 12.3 Å². The van der Waals surface area contributed by atoms with Gasteiger partial charge in [-0.3, -0.25) is 9.98 Å². The Morgan fingerprint density at radius 2 is 2.00 bits per heavy atom. The maximum atomic E-state index is 4.78. The molecule has 1 aliphatic carbocycles. The lowest BCUT2D eigenvalue weighted by molar-refractivity contribution is 0.358. The quantitative estimate of drug-likeness (QED) is 0.899. The van der Waals surface area contributed by atoms with Crippen LogP contribution in [0.1, 0.15) is 44.2 Å². The third kappa shape index (κ3) is 2.94. The third-order valence-corrected chi connectivity index (χ3v) is 5.56. The Kier molecular flexibility index (Phi) is 3.78. The first-order valence-electron chi connectivity index (χ1n) is 7.11. The van der Waals surface area contributed by atoms with Gasteiger partial charge in [0, 0.05) is 24.7 Å². The van der Waals surface area contributed by atoms with Gasteiger partial charge in [-0.2, -0.15) is 0 Å². The zero-order chi connectivity index (χ0) is 13.1. The average molecular weight is 275 g/mol. The summed E-state index contributed by atoms with van der Waals surface area (Å²) in [6, 6.07) is 4.42. The van der Waals surface area contributed by atoms with Crippen LogP contribution in [0.4, 0.5) is 0 Å². The normalized spacial score (nSPS) is 23.1. The molecule has 1 aliphatic heterocycles. The summed E-state index contributed by atoms with van der Waals surface area (Å²) < 4.78 is 0. The lowest BCUT2D eigenvalue weighted by Crippen LogP contribution is -2.34. The van der Waals surface area contributed by atoms with E-state index in [1.54, 1.807) is 0 Å². The van der Waals surface area contributed by atoms with Gasteiger partial charge in [0.15, 0.2) is 5.17 Å². The lowest BCUT2D eigenvalue weighted by atomic mass is 9.89. The summed E-state index contributed by atoms with van der Waals surface area (Å²) in [6.45, 7) is 3.20. The fourth-order valence-electron chi connectivity index (χ4n) is 2.99. The molecule has 0 aromatic carbocycles. The van der Waals surface area contributed by atoms with E-state index in [-0.39, 0.29) is 0 Å². The van der Waals surface area contributed by atoms with Crippen molar-refractivity contribution in [2.45, 2.75) is 38.6 Å². The zero-order valence-electron chi connectivity index (χ0n) is 11.4. The van der Waals surface area contributed by atoms with Crippen LogP contribution in [0.2, 0.25) is 0 Å². The van der Waals surface area contributed by atoms with Crippen molar-refractivity contribution >= 4 is 16.9 Å². The second-order valence-electron chi connectivity index (χ2n) is 5.76. The van der Waals surface area contributed by atoms with Crippen LogP contribution in [0.3, 0.4) is 0 Å². The molecule has 1 N–H and O–H groups in total. The summed E-state index contributed by atoms with van der Waals surface area (Å²) in [4.78, 5) is 8.84. The fourth-order valence-corrected chi connectivity index (χ4v) is 4.23. The second kappa shape index (κ2) is 5.53. The number of nitrogens with zero attached hydrogens (tertiary/aromatic N) is 2. The van der Waals surface area contributed by atoms with Crippen LogP contribution in [0.5, 0.6) is 0 Å². The number of amidine groups is 1. The topological polar surface area (TPSA) is 37.3 Å². The van der Waals surface area contributed by atoms with E-state index in [9.17, 15) is 0 Å². The molecule has 19 heavy (non-hydrogen) atoms. The minimum absolute atomic E-state index is 0.298. The van der Waals surface area contributed by atoms with Crippen molar-refractivity contribution in [1.29, 1.82) is 0 Å². The molecule has 1 aromatic heterocycles. The lowest BCUT2D eigenvalue weighted by Gasteiger charge is -2.32. The van der Waals surface area contributed by atoms with Gasteiger partial charge >= 0.3 is 0 Å². The second-order valence-corrected chi connectivity index (χ2v) is 6.73. The van der Waals surface area contributed by atoms with Crippen LogP contribution in [0.25, 0.3) is 0 Å². The van der Waals surface area contributed by atoms with Crippen molar-refractivity contribution < 1.29 is 0 Å². The van der Waals surface area contributed by atoms with Gasteiger partial charge in [-0.1, -0.05) is 24.6 Å². The Hall–Kier alpha value is -1.03. The number of thioether (sulfide) groups is 1. The van der Waals surface area contributed by atoms with E-state index in [1.165, 1.54) is 37.0 Å². The molecule has 1 unspecified atom stereocenters. The van der Waals surface area contributed by atoms with Crippen molar-refractivity contribution in [2.24, 2.45) is 10.4 Å². The molecular formula is C15H21N3S. The number of hydrogen-bond acceptors (Lipinski definition) is 4. The van der Waals surface area contributed by atoms with Gasteiger partial charge in [-0.25, -0.2) is 0 Å². The monoisotopic (exact) mass is 275 g/mol. The smallest absolute Gasteiger partial charge is 0.157 e. The van der Waals surface area contributed by atoms with Gasteiger partial charge in [0.05, 0.1) is 6.04 Å². The minimum atomic E-state index is 0.298. The first kappa shape index (κ1) is 13.0. The van der Waals surface area contributed by atoms with Crippen molar-refractivity contribution in [3.8, 4) is 0 Å². The summed E-state index contributed by atoms with van der Waals surface area (Å²) in [7, 11) is 0. The predicted molar refractivity (Wildman–Crippen MR) is 81.4 cm³/mol. The first-order chi connectivity index (χ1) is 9.27. The number of rotatable bonds is 2. The van der Waals surface area contributed by atoms with Crippen LogP contribution < -0.4 is 5.32 Å². The number of aromatic nitrogens is 1. The Bertz CT molecular complexity index is 452. The highest BCUT2D eigenvalue weighted by Gasteiger charge is 2.36. The fraction of sp³-hybridized carbons (Fsp3) is 0.600. The van der Waals surface area contributed by atoms with Crippen molar-refractivity contribution in [1.82, 2.24) is 10.3 Å². The van der Waals surface area contributed by atoms with Gasteiger partial charge in [-0.15, -0.1) is 0 Å². The van der Waals surface area contributed by atoms with E-state index in [2.05, 4.69) is 29.4 Å². The third-order valence-electron chi connectivity index (χ3n) is 4.28. The van der Waals surface area contributed by atoms with Crippen LogP contribution in [0, 0.1) is 5.41 Å². The molecule has 2 aliphatic rings. The highest BCUT2D eigenvalue weighted by molar-refractivity contribution is 8.13. The molecule has 0 saturated heterocycles. The summed E-state index contributed by atoms with van der Waals surface area (Å²) in [6.07, 6.45) is 9.22. The average Bonchev–Trinajstić information content (AvgIpc) is 2.91. The van der Waals surface area contributed by atoms with Gasteiger partial charge < -0.3 is 5.32 Å². The molecule has 0 radical (unpaired) electrons. The molecule has 1 saturated carbocycles. The van der Waals surface area contributed by atoms with Gasteiger partial charge in [0.25, 0.3) is 0 Å². The molecule has 1 aromatic rings. The minimum Gasteiger partial charge on any atom is -0.358 e. The van der Waals surface area contributed by atoms with E-state index < -0.39 is 0 Å². The Labute approximate surface area is 119 Å². The highest BCUT2D eigenvalue weighted by atomic mass is 32.2. The number of pyridine rings is 1. The highest BCUT2D eigenvalue weighted by Crippen LogP contribution is 2.43. The summed E-state index contributed by atoms with van der Waals surface area (Å²) in [5.41, 5.74) is 1.79. The number of hydrogen-bond donors (Lipinski definition) is 1. The Morgan fingerprint density at radius 3 is 2.63 bits per heavy atom. The molecule has 3 nitrogen and oxygen atoms in total. The molecule has 1 spiro atoms. The maximum absolute atomic E-state index is 4.78. The Balaban J connectivity index is 1.61. The van der Waals surface area contributed by atoms with Gasteiger partial charge in [-0.05, 0) is 42.9 Å². The zero-order valence-corrected chi connectivity index (χ0v) is 12.2. The van der Waals surface area contributed by atoms with Crippen LogP contribution in [-0.2, 0) is 0 Å². The summed E-state index contributed by atoms with van der Waals surface area (Å²) in [5.74, 6) is 1.24. The van der Waals surface area contributed by atoms with Gasteiger partial charge in [0.2, 0.25) is 0 Å².